The maximum Gasteiger partial charge on any atom is 0.255 e. The summed E-state index contributed by atoms with van der Waals surface area (Å²) in [4.78, 5) is 10.7. The molecule has 0 radical (unpaired) electrons. The minimum atomic E-state index is 0.453. The number of hydrogen-bond donors (Lipinski definition) is 1. The van der Waals surface area contributed by atoms with Crippen LogP contribution in [0.4, 0.5) is 5.95 Å². The van der Waals surface area contributed by atoms with Crippen molar-refractivity contribution in [2.45, 2.75) is 6.92 Å². The van der Waals surface area contributed by atoms with Crippen LogP contribution in [0.1, 0.15) is 5.69 Å². The SMILES string of the molecule is Cc1cc(Cl)nc2nc(N3CCNCC3)nn12. The maximum atomic E-state index is 5.90. The highest BCUT2D eigenvalue weighted by Gasteiger charge is 2.16. The molecule has 1 aliphatic rings. The number of hydrogen-bond acceptors (Lipinski definition) is 5. The highest BCUT2D eigenvalue weighted by Crippen LogP contribution is 2.14. The standard InChI is InChI=1S/C10H13ClN6/c1-7-6-8(11)13-9-14-10(15-17(7)9)16-4-2-12-3-5-16/h6,12H,2-5H2,1H3. The Morgan fingerprint density at radius 3 is 2.82 bits per heavy atom. The molecular weight excluding hydrogens is 240 g/mol. The molecule has 0 saturated carbocycles. The van der Waals surface area contributed by atoms with Crippen LogP contribution < -0.4 is 10.2 Å². The summed E-state index contributed by atoms with van der Waals surface area (Å²) in [6.45, 7) is 5.70. The average molecular weight is 253 g/mol. The number of halogens is 1. The van der Waals surface area contributed by atoms with E-state index in [2.05, 4.69) is 25.3 Å². The molecule has 1 N–H and O–H groups in total. The van der Waals surface area contributed by atoms with Gasteiger partial charge in [0, 0.05) is 31.9 Å². The van der Waals surface area contributed by atoms with E-state index in [0.717, 1.165) is 37.8 Å². The normalized spacial score (nSPS) is 16.7. The second-order valence-electron chi connectivity index (χ2n) is 4.08. The van der Waals surface area contributed by atoms with Crippen molar-refractivity contribution in [2.24, 2.45) is 0 Å². The van der Waals surface area contributed by atoms with Gasteiger partial charge in [0.05, 0.1) is 0 Å². The molecule has 1 fully saturated rings. The van der Waals surface area contributed by atoms with Crippen LogP contribution in [0.25, 0.3) is 5.78 Å². The second-order valence-corrected chi connectivity index (χ2v) is 4.47. The third-order valence-electron chi connectivity index (χ3n) is 2.85. The summed E-state index contributed by atoms with van der Waals surface area (Å²) >= 11 is 5.90. The smallest absolute Gasteiger partial charge is 0.255 e. The highest BCUT2D eigenvalue weighted by atomic mass is 35.5. The minimum absolute atomic E-state index is 0.453. The molecule has 6 nitrogen and oxygen atoms in total. The summed E-state index contributed by atoms with van der Waals surface area (Å²) < 4.78 is 1.73. The zero-order valence-electron chi connectivity index (χ0n) is 9.52. The minimum Gasteiger partial charge on any atom is -0.337 e. The van der Waals surface area contributed by atoms with Crippen LogP contribution in [0, 0.1) is 6.92 Å². The van der Waals surface area contributed by atoms with Gasteiger partial charge < -0.3 is 10.2 Å². The van der Waals surface area contributed by atoms with Crippen LogP contribution in [-0.4, -0.2) is 45.8 Å². The molecule has 0 aliphatic carbocycles. The lowest BCUT2D eigenvalue weighted by atomic mass is 10.4. The van der Waals surface area contributed by atoms with Gasteiger partial charge in [-0.05, 0) is 13.0 Å². The molecule has 3 rings (SSSR count). The molecule has 0 atom stereocenters. The molecule has 0 unspecified atom stereocenters. The Hall–Kier alpha value is -1.40. The van der Waals surface area contributed by atoms with E-state index in [-0.39, 0.29) is 0 Å². The Bertz CT molecular complexity index is 545. The van der Waals surface area contributed by atoms with Gasteiger partial charge in [0.1, 0.15) is 5.15 Å². The predicted octanol–water partition coefficient (Wildman–Crippen LogP) is 0.496. The largest absolute Gasteiger partial charge is 0.337 e. The lowest BCUT2D eigenvalue weighted by Gasteiger charge is -2.25. The van der Waals surface area contributed by atoms with Crippen LogP contribution in [0.15, 0.2) is 6.07 Å². The van der Waals surface area contributed by atoms with E-state index in [4.69, 9.17) is 11.6 Å². The van der Waals surface area contributed by atoms with E-state index in [9.17, 15) is 0 Å². The van der Waals surface area contributed by atoms with Crippen molar-refractivity contribution < 1.29 is 0 Å². The van der Waals surface area contributed by atoms with Crippen molar-refractivity contribution in [1.29, 1.82) is 0 Å². The zero-order valence-corrected chi connectivity index (χ0v) is 10.3. The molecule has 90 valence electrons. The van der Waals surface area contributed by atoms with E-state index in [1.165, 1.54) is 0 Å². The topological polar surface area (TPSA) is 58.4 Å². The molecular formula is C10H13ClN6. The Kier molecular flexibility index (Phi) is 2.60. The number of nitrogens with one attached hydrogen (secondary N) is 1. The average Bonchev–Trinajstić information content (AvgIpc) is 2.74. The van der Waals surface area contributed by atoms with Gasteiger partial charge in [-0.25, -0.2) is 0 Å². The predicted molar refractivity (Wildman–Crippen MR) is 65.6 cm³/mol. The van der Waals surface area contributed by atoms with E-state index in [0.29, 0.717) is 10.9 Å². The summed E-state index contributed by atoms with van der Waals surface area (Å²) in [6, 6.07) is 1.78. The fraction of sp³-hybridized carbons (Fsp3) is 0.500. The van der Waals surface area contributed by atoms with Crippen molar-refractivity contribution in [3.8, 4) is 0 Å². The first-order chi connectivity index (χ1) is 8.24. The fourth-order valence-corrected chi connectivity index (χ4v) is 2.20. The van der Waals surface area contributed by atoms with Gasteiger partial charge in [-0.15, -0.1) is 5.10 Å². The monoisotopic (exact) mass is 252 g/mol. The van der Waals surface area contributed by atoms with E-state index < -0.39 is 0 Å². The Morgan fingerprint density at radius 2 is 2.06 bits per heavy atom. The van der Waals surface area contributed by atoms with Crippen molar-refractivity contribution in [1.82, 2.24) is 24.9 Å². The summed E-state index contributed by atoms with van der Waals surface area (Å²) in [5, 5.41) is 8.21. The fourth-order valence-electron chi connectivity index (χ4n) is 1.96. The summed E-state index contributed by atoms with van der Waals surface area (Å²) in [6.07, 6.45) is 0. The molecule has 3 heterocycles. The van der Waals surface area contributed by atoms with Gasteiger partial charge in [-0.2, -0.15) is 14.5 Å². The Morgan fingerprint density at radius 1 is 1.29 bits per heavy atom. The van der Waals surface area contributed by atoms with Crippen molar-refractivity contribution in [3.63, 3.8) is 0 Å². The van der Waals surface area contributed by atoms with Crippen LogP contribution >= 0.6 is 11.6 Å². The zero-order chi connectivity index (χ0) is 11.8. The number of piperazine rings is 1. The first-order valence-electron chi connectivity index (χ1n) is 5.59. The first kappa shape index (κ1) is 10.7. The summed E-state index contributed by atoms with van der Waals surface area (Å²) in [7, 11) is 0. The number of fused-ring (bicyclic) bond motifs is 1. The van der Waals surface area contributed by atoms with Gasteiger partial charge >= 0.3 is 0 Å². The molecule has 0 aromatic carbocycles. The maximum absolute atomic E-state index is 5.90. The van der Waals surface area contributed by atoms with Crippen molar-refractivity contribution >= 4 is 23.3 Å². The molecule has 1 saturated heterocycles. The summed E-state index contributed by atoms with van der Waals surface area (Å²) in [5.41, 5.74) is 0.939. The first-order valence-corrected chi connectivity index (χ1v) is 5.97. The second kappa shape index (κ2) is 4.12. The highest BCUT2D eigenvalue weighted by molar-refractivity contribution is 6.29. The molecule has 7 heteroatoms. The van der Waals surface area contributed by atoms with E-state index >= 15 is 0 Å². The number of anilines is 1. The third-order valence-corrected chi connectivity index (χ3v) is 3.04. The van der Waals surface area contributed by atoms with Crippen LogP contribution in [0.5, 0.6) is 0 Å². The van der Waals surface area contributed by atoms with Gasteiger partial charge in [0.2, 0.25) is 5.95 Å². The van der Waals surface area contributed by atoms with Gasteiger partial charge in [-0.3, -0.25) is 0 Å². The molecule has 2 aromatic heterocycles. The number of rotatable bonds is 1. The summed E-state index contributed by atoms with van der Waals surface area (Å²) in [5.74, 6) is 1.29. The molecule has 17 heavy (non-hydrogen) atoms. The van der Waals surface area contributed by atoms with Gasteiger partial charge in [0.15, 0.2) is 0 Å². The van der Waals surface area contributed by atoms with Crippen molar-refractivity contribution in [3.05, 3.63) is 16.9 Å². The Labute approximate surface area is 104 Å². The van der Waals surface area contributed by atoms with Crippen molar-refractivity contribution in [2.75, 3.05) is 31.1 Å². The molecule has 0 bridgehead atoms. The van der Waals surface area contributed by atoms with Gasteiger partial charge in [-0.1, -0.05) is 11.6 Å². The Balaban J connectivity index is 2.03. The number of aryl methyl sites for hydroxylation is 1. The number of nitrogens with zero attached hydrogens (tertiary/aromatic N) is 5. The van der Waals surface area contributed by atoms with Gasteiger partial charge in [0.25, 0.3) is 5.78 Å². The third kappa shape index (κ3) is 1.94. The van der Waals surface area contributed by atoms with Crippen LogP contribution in [-0.2, 0) is 0 Å². The van der Waals surface area contributed by atoms with E-state index in [1.807, 2.05) is 6.92 Å². The van der Waals surface area contributed by atoms with E-state index in [1.54, 1.807) is 10.6 Å². The lowest BCUT2D eigenvalue weighted by Crippen LogP contribution is -2.44. The lowest BCUT2D eigenvalue weighted by molar-refractivity contribution is 0.579. The molecule has 0 spiro atoms. The molecule has 0 amide bonds. The molecule has 1 aliphatic heterocycles. The van der Waals surface area contributed by atoms with Crippen LogP contribution in [0.2, 0.25) is 5.15 Å². The van der Waals surface area contributed by atoms with Crippen LogP contribution in [0.3, 0.4) is 0 Å². The number of aromatic nitrogens is 4. The molecule has 2 aromatic rings. The quantitative estimate of drug-likeness (QED) is 0.749.